The fraction of sp³-hybridized carbons (Fsp3) is 0.520. The Bertz CT molecular complexity index is 1020. The number of rotatable bonds is 11. The third kappa shape index (κ3) is 6.00. The topological polar surface area (TPSA) is 96.3 Å². The lowest BCUT2D eigenvalue weighted by Crippen LogP contribution is -2.62. The van der Waals surface area contributed by atoms with Crippen molar-refractivity contribution in [2.45, 2.75) is 58.7 Å². The zero-order chi connectivity index (χ0) is 24.7. The van der Waals surface area contributed by atoms with E-state index in [4.69, 9.17) is 0 Å². The zero-order valence-corrected chi connectivity index (χ0v) is 21.3. The molecule has 0 radical (unpaired) electrons. The molecular weight excluding hydrogens is 450 g/mol. The normalized spacial score (nSPS) is 17.4. The van der Waals surface area contributed by atoms with Crippen molar-refractivity contribution in [2.24, 2.45) is 0 Å². The van der Waals surface area contributed by atoms with Gasteiger partial charge < -0.3 is 15.5 Å². The van der Waals surface area contributed by atoms with Crippen LogP contribution in [0.25, 0.3) is 0 Å². The number of nitrogens with zero attached hydrogens (tertiary/aromatic N) is 3. The fourth-order valence-corrected chi connectivity index (χ4v) is 4.78. The third-order valence-electron chi connectivity index (χ3n) is 6.19. The summed E-state index contributed by atoms with van der Waals surface area (Å²) in [5.41, 5.74) is 1.52. The predicted molar refractivity (Wildman–Crippen MR) is 135 cm³/mol. The summed E-state index contributed by atoms with van der Waals surface area (Å²) in [5, 5.41) is 10.2. The van der Waals surface area contributed by atoms with Gasteiger partial charge in [0.2, 0.25) is 5.91 Å². The molecule has 2 heterocycles. The van der Waals surface area contributed by atoms with E-state index in [-0.39, 0.29) is 30.0 Å². The maximum Gasteiger partial charge on any atom is 0.272 e. The Labute approximate surface area is 205 Å². The van der Waals surface area contributed by atoms with Crippen LogP contribution in [0.4, 0.5) is 0 Å². The first-order valence-electron chi connectivity index (χ1n) is 11.8. The van der Waals surface area contributed by atoms with Gasteiger partial charge >= 0.3 is 0 Å². The Morgan fingerprint density at radius 2 is 1.85 bits per heavy atom. The molecule has 184 valence electrons. The van der Waals surface area contributed by atoms with Crippen molar-refractivity contribution in [3.05, 3.63) is 52.8 Å². The van der Waals surface area contributed by atoms with Crippen molar-refractivity contribution in [2.75, 3.05) is 25.1 Å². The lowest BCUT2D eigenvalue weighted by Gasteiger charge is -2.40. The number of likely N-dealkylation sites (N-methyl/N-ethyl adjacent to an activating group) is 1. The summed E-state index contributed by atoms with van der Waals surface area (Å²) >= 11 is 1.89. The van der Waals surface area contributed by atoms with E-state index in [0.717, 1.165) is 29.1 Å². The molecule has 0 unspecified atom stereocenters. The minimum Gasteiger partial charge on any atom is -0.351 e. The molecule has 1 aliphatic heterocycles. The molecule has 3 amide bonds. The second-order valence-corrected chi connectivity index (χ2v) is 10.2. The molecule has 0 spiro atoms. The first kappa shape index (κ1) is 25.8. The molecule has 3 rings (SSSR count). The van der Waals surface area contributed by atoms with Gasteiger partial charge in [0.1, 0.15) is 11.2 Å². The second kappa shape index (κ2) is 11.6. The standard InChI is InChI=1S/C25H35N5O3S/c1-5-6-13-34-14-7-12-26-22(31)20-15-21-23(32)29(4)25(3,17-30(21)28-20)24(33)27-16-19-10-8-18(2)9-11-19/h8-11,15H,5-7,12-14,16-17H2,1-4H3,(H,26,31)(H,27,33)/t25-/m0/s1. The van der Waals surface area contributed by atoms with E-state index in [2.05, 4.69) is 22.7 Å². The number of hydrogen-bond acceptors (Lipinski definition) is 5. The van der Waals surface area contributed by atoms with Gasteiger partial charge in [-0.1, -0.05) is 43.2 Å². The van der Waals surface area contributed by atoms with E-state index in [9.17, 15) is 14.4 Å². The highest BCUT2D eigenvalue weighted by molar-refractivity contribution is 7.99. The van der Waals surface area contributed by atoms with Crippen molar-refractivity contribution in [3.8, 4) is 0 Å². The molecule has 1 atom stereocenters. The Balaban J connectivity index is 1.60. The third-order valence-corrected chi connectivity index (χ3v) is 7.35. The molecule has 0 aliphatic carbocycles. The fourth-order valence-electron chi connectivity index (χ4n) is 3.73. The number of unbranched alkanes of at least 4 members (excludes halogenated alkanes) is 1. The molecule has 1 aromatic heterocycles. The molecule has 1 aromatic carbocycles. The number of fused-ring (bicyclic) bond motifs is 1. The number of hydrogen-bond donors (Lipinski definition) is 2. The molecule has 0 bridgehead atoms. The summed E-state index contributed by atoms with van der Waals surface area (Å²) in [6, 6.07) is 9.43. The van der Waals surface area contributed by atoms with Crippen LogP contribution in [-0.2, 0) is 17.9 Å². The number of carbonyl (C=O) groups excluding carboxylic acids is 3. The van der Waals surface area contributed by atoms with Gasteiger partial charge in [0.15, 0.2) is 5.69 Å². The van der Waals surface area contributed by atoms with Crippen molar-refractivity contribution in [1.82, 2.24) is 25.3 Å². The summed E-state index contributed by atoms with van der Waals surface area (Å²) < 4.78 is 1.48. The van der Waals surface area contributed by atoms with Crippen LogP contribution in [0, 0.1) is 6.92 Å². The van der Waals surface area contributed by atoms with Gasteiger partial charge in [0.05, 0.1) is 6.54 Å². The van der Waals surface area contributed by atoms with E-state index >= 15 is 0 Å². The van der Waals surface area contributed by atoms with Gasteiger partial charge in [-0.3, -0.25) is 19.1 Å². The lowest BCUT2D eigenvalue weighted by molar-refractivity contribution is -0.132. The highest BCUT2D eigenvalue weighted by Crippen LogP contribution is 2.26. The SMILES string of the molecule is CCCCSCCCNC(=O)c1cc2n(n1)C[C@@](C)(C(=O)NCc1ccc(C)cc1)N(C)C2=O. The van der Waals surface area contributed by atoms with Gasteiger partial charge in [-0.15, -0.1) is 0 Å². The Hall–Kier alpha value is -2.81. The van der Waals surface area contributed by atoms with Crippen LogP contribution in [-0.4, -0.2) is 63.0 Å². The molecule has 1 aliphatic rings. The summed E-state index contributed by atoms with van der Waals surface area (Å²) in [6.45, 7) is 7.01. The second-order valence-electron chi connectivity index (χ2n) is 8.95. The van der Waals surface area contributed by atoms with Gasteiger partial charge in [-0.05, 0) is 43.8 Å². The number of carbonyl (C=O) groups is 3. The smallest absolute Gasteiger partial charge is 0.272 e. The highest BCUT2D eigenvalue weighted by Gasteiger charge is 2.46. The van der Waals surface area contributed by atoms with Crippen LogP contribution in [0.1, 0.15) is 65.2 Å². The van der Waals surface area contributed by atoms with Gasteiger partial charge in [0.25, 0.3) is 11.8 Å². The van der Waals surface area contributed by atoms with Crippen molar-refractivity contribution in [1.29, 1.82) is 0 Å². The maximum atomic E-state index is 13.1. The molecule has 2 aromatic rings. The van der Waals surface area contributed by atoms with Crippen LogP contribution >= 0.6 is 11.8 Å². The molecule has 2 N–H and O–H groups in total. The van der Waals surface area contributed by atoms with Gasteiger partial charge in [0, 0.05) is 26.2 Å². The monoisotopic (exact) mass is 485 g/mol. The Morgan fingerprint density at radius 1 is 1.15 bits per heavy atom. The first-order chi connectivity index (χ1) is 16.3. The van der Waals surface area contributed by atoms with Crippen molar-refractivity contribution >= 4 is 29.5 Å². The molecule has 9 heteroatoms. The minimum absolute atomic E-state index is 0.172. The van der Waals surface area contributed by atoms with E-state index in [0.29, 0.717) is 18.8 Å². The average Bonchev–Trinajstić information content (AvgIpc) is 3.25. The summed E-state index contributed by atoms with van der Waals surface area (Å²) in [4.78, 5) is 40.1. The molecule has 0 saturated heterocycles. The molecule has 34 heavy (non-hydrogen) atoms. The maximum absolute atomic E-state index is 13.1. The van der Waals surface area contributed by atoms with Crippen LogP contribution < -0.4 is 10.6 Å². The number of aryl methyl sites for hydroxylation is 1. The molecular formula is C25H35N5O3S. The van der Waals surface area contributed by atoms with Crippen LogP contribution in [0.15, 0.2) is 30.3 Å². The zero-order valence-electron chi connectivity index (χ0n) is 20.5. The molecule has 0 saturated carbocycles. The molecule has 0 fully saturated rings. The number of thioether (sulfide) groups is 1. The summed E-state index contributed by atoms with van der Waals surface area (Å²) in [7, 11) is 1.61. The predicted octanol–water partition coefficient (Wildman–Crippen LogP) is 3.01. The number of aromatic nitrogens is 2. The first-order valence-corrected chi connectivity index (χ1v) is 13.0. The number of benzene rings is 1. The quantitative estimate of drug-likeness (QED) is 0.477. The number of nitrogens with one attached hydrogen (secondary N) is 2. The van der Waals surface area contributed by atoms with E-state index in [1.165, 1.54) is 28.5 Å². The van der Waals surface area contributed by atoms with E-state index in [1.807, 2.05) is 43.0 Å². The van der Waals surface area contributed by atoms with E-state index < -0.39 is 5.54 Å². The Morgan fingerprint density at radius 3 is 2.56 bits per heavy atom. The van der Waals surface area contributed by atoms with Crippen molar-refractivity contribution in [3.63, 3.8) is 0 Å². The summed E-state index contributed by atoms with van der Waals surface area (Å²) in [6.07, 6.45) is 3.28. The molecule has 8 nitrogen and oxygen atoms in total. The van der Waals surface area contributed by atoms with Crippen LogP contribution in [0.2, 0.25) is 0 Å². The van der Waals surface area contributed by atoms with Crippen LogP contribution in [0.3, 0.4) is 0 Å². The summed E-state index contributed by atoms with van der Waals surface area (Å²) in [5.74, 6) is 1.24. The number of amides is 3. The van der Waals surface area contributed by atoms with E-state index in [1.54, 1.807) is 14.0 Å². The van der Waals surface area contributed by atoms with Crippen LogP contribution in [0.5, 0.6) is 0 Å². The van der Waals surface area contributed by atoms with Crippen molar-refractivity contribution < 1.29 is 14.4 Å². The average molecular weight is 486 g/mol. The lowest BCUT2D eigenvalue weighted by atomic mass is 9.95. The van der Waals surface area contributed by atoms with Gasteiger partial charge in [-0.25, -0.2) is 0 Å². The minimum atomic E-state index is -1.12. The van der Waals surface area contributed by atoms with Gasteiger partial charge in [-0.2, -0.15) is 16.9 Å². The Kier molecular flexibility index (Phi) is 8.77. The largest absolute Gasteiger partial charge is 0.351 e. The highest BCUT2D eigenvalue weighted by atomic mass is 32.2.